The second kappa shape index (κ2) is 6.89. The number of nitrogens with two attached hydrogens (primary N) is 1. The van der Waals surface area contributed by atoms with E-state index in [4.69, 9.17) is 10.5 Å². The zero-order chi connectivity index (χ0) is 19.0. The quantitative estimate of drug-likeness (QED) is 0.533. The van der Waals surface area contributed by atoms with Crippen LogP contribution in [0.4, 0.5) is 21.7 Å². The van der Waals surface area contributed by atoms with Gasteiger partial charge < -0.3 is 20.5 Å². The molecule has 4 rings (SSSR count). The molecule has 0 radical (unpaired) electrons. The summed E-state index contributed by atoms with van der Waals surface area (Å²) in [7, 11) is 0. The highest BCUT2D eigenvalue weighted by atomic mass is 19.1. The third-order valence-electron chi connectivity index (χ3n) is 4.50. The number of β-amino-alcohol motifs (C(OH)–C–C–N with tert-alkyl or cyclic N) is 1. The predicted molar refractivity (Wildman–Crippen MR) is 96.3 cm³/mol. The highest BCUT2D eigenvalue weighted by molar-refractivity contribution is 5.94. The van der Waals surface area contributed by atoms with E-state index in [1.54, 1.807) is 4.90 Å². The maximum Gasteiger partial charge on any atom is 0.253 e. The smallest absolute Gasteiger partial charge is 0.253 e. The predicted octanol–water partition coefficient (Wildman–Crippen LogP) is 0.846. The van der Waals surface area contributed by atoms with E-state index in [1.165, 1.54) is 24.3 Å². The first-order valence-electron chi connectivity index (χ1n) is 8.47. The first-order valence-corrected chi connectivity index (χ1v) is 8.47. The number of fused-ring (bicyclic) bond motifs is 1. The number of hydrogen-bond donors (Lipinski definition) is 5. The molecule has 1 fully saturated rings. The van der Waals surface area contributed by atoms with Crippen LogP contribution in [0, 0.1) is 5.82 Å². The number of aliphatic hydroxyl groups excluding tert-OH is 1. The molecule has 9 nitrogen and oxygen atoms in total. The Balaban J connectivity index is 1.52. The Labute approximate surface area is 154 Å². The van der Waals surface area contributed by atoms with Gasteiger partial charge in [-0.15, -0.1) is 5.53 Å². The van der Waals surface area contributed by atoms with Gasteiger partial charge in [0.15, 0.2) is 11.6 Å². The maximum atomic E-state index is 14.2. The van der Waals surface area contributed by atoms with Crippen LogP contribution in [-0.2, 0) is 6.61 Å². The summed E-state index contributed by atoms with van der Waals surface area (Å²) >= 11 is 0. The molecule has 2 aliphatic heterocycles. The summed E-state index contributed by atoms with van der Waals surface area (Å²) < 4.78 is 19.9. The Bertz CT molecular complexity index is 893. The van der Waals surface area contributed by atoms with E-state index in [-0.39, 0.29) is 30.4 Å². The normalized spacial score (nSPS) is 18.0. The van der Waals surface area contributed by atoms with Crippen LogP contribution in [0.2, 0.25) is 0 Å². The van der Waals surface area contributed by atoms with Crippen molar-refractivity contribution in [1.29, 1.82) is 0 Å². The molecule has 1 aromatic carbocycles. The molecule has 142 valence electrons. The average molecular weight is 374 g/mol. The zero-order valence-corrected chi connectivity index (χ0v) is 14.3. The fourth-order valence-electron chi connectivity index (χ4n) is 3.10. The molecule has 1 amide bonds. The Kier molecular flexibility index (Phi) is 4.42. The lowest BCUT2D eigenvalue weighted by Crippen LogP contribution is -2.29. The first-order chi connectivity index (χ1) is 13.0. The third kappa shape index (κ3) is 3.44. The van der Waals surface area contributed by atoms with E-state index in [0.717, 1.165) is 0 Å². The summed E-state index contributed by atoms with van der Waals surface area (Å²) in [4.78, 5) is 18.2. The lowest BCUT2D eigenvalue weighted by atomic mass is 10.1. The first kappa shape index (κ1) is 17.3. The number of benzene rings is 1. The number of likely N-dealkylation sites (tertiary alicyclic amines) is 1. The summed E-state index contributed by atoms with van der Waals surface area (Å²) in [5.41, 5.74) is 15.2. The molecule has 1 aromatic heterocycles. The molecule has 27 heavy (non-hydrogen) atoms. The van der Waals surface area contributed by atoms with Crippen molar-refractivity contribution in [3.63, 3.8) is 0 Å². The Hall–Kier alpha value is -3.11. The van der Waals surface area contributed by atoms with Gasteiger partial charge in [-0.05, 0) is 24.6 Å². The van der Waals surface area contributed by atoms with E-state index in [9.17, 15) is 14.3 Å². The molecule has 10 heteroatoms. The van der Waals surface area contributed by atoms with E-state index in [1.807, 2.05) is 0 Å². The topological polar surface area (TPSA) is 125 Å². The Morgan fingerprint density at radius 1 is 1.41 bits per heavy atom. The Morgan fingerprint density at radius 3 is 3.04 bits per heavy atom. The molecule has 2 aromatic rings. The summed E-state index contributed by atoms with van der Waals surface area (Å²) in [5.74, 6) is 0.405. The van der Waals surface area contributed by atoms with E-state index in [0.29, 0.717) is 35.8 Å². The molecule has 1 atom stereocenters. The molecule has 3 heterocycles. The number of carbonyl (C=O) groups excluding carboxylic acids is 1. The molecule has 6 N–H and O–H groups in total. The molecule has 0 saturated carbocycles. The van der Waals surface area contributed by atoms with Gasteiger partial charge in [-0.1, -0.05) is 0 Å². The van der Waals surface area contributed by atoms with Gasteiger partial charge in [-0.2, -0.15) is 0 Å². The summed E-state index contributed by atoms with van der Waals surface area (Å²) in [6.45, 7) is 0.681. The van der Waals surface area contributed by atoms with Crippen molar-refractivity contribution in [2.75, 3.05) is 29.7 Å². The molecule has 0 aliphatic carbocycles. The molecule has 0 bridgehead atoms. The van der Waals surface area contributed by atoms with Crippen LogP contribution < -0.4 is 26.9 Å². The van der Waals surface area contributed by atoms with Gasteiger partial charge in [-0.3, -0.25) is 15.6 Å². The van der Waals surface area contributed by atoms with E-state index < -0.39 is 11.9 Å². The monoisotopic (exact) mass is 374 g/mol. The van der Waals surface area contributed by atoms with Gasteiger partial charge in [0.1, 0.15) is 23.9 Å². The minimum absolute atomic E-state index is 0.0901. The fourth-order valence-corrected chi connectivity index (χ4v) is 3.10. The maximum absolute atomic E-state index is 14.2. The van der Waals surface area contributed by atoms with Gasteiger partial charge in [0.25, 0.3) is 5.91 Å². The molecule has 0 spiro atoms. The van der Waals surface area contributed by atoms with Crippen molar-refractivity contribution in [3.05, 3.63) is 41.2 Å². The molecular formula is C17H19FN6O3. The number of aromatic nitrogens is 1. The minimum Gasteiger partial charge on any atom is -0.486 e. The highest BCUT2D eigenvalue weighted by Gasteiger charge is 2.26. The Morgan fingerprint density at radius 2 is 2.26 bits per heavy atom. The fraction of sp³-hybridized carbons (Fsp3) is 0.294. The van der Waals surface area contributed by atoms with Crippen LogP contribution in [0.25, 0.3) is 0 Å². The molecular weight excluding hydrogens is 355 g/mol. The number of rotatable bonds is 4. The van der Waals surface area contributed by atoms with Gasteiger partial charge >= 0.3 is 0 Å². The van der Waals surface area contributed by atoms with Crippen LogP contribution in [0.3, 0.4) is 0 Å². The number of amides is 1. The van der Waals surface area contributed by atoms with Crippen molar-refractivity contribution >= 4 is 23.2 Å². The number of hydrazine groups is 2. The second-order valence-corrected chi connectivity index (χ2v) is 6.43. The van der Waals surface area contributed by atoms with Crippen LogP contribution in [-0.4, -0.2) is 40.1 Å². The number of ether oxygens (including phenoxy) is 1. The number of nitrogens with one attached hydrogen (secondary N) is 3. The van der Waals surface area contributed by atoms with E-state index >= 15 is 0 Å². The van der Waals surface area contributed by atoms with Crippen molar-refractivity contribution in [2.24, 2.45) is 0 Å². The third-order valence-corrected chi connectivity index (χ3v) is 4.50. The number of carbonyl (C=O) groups is 1. The summed E-state index contributed by atoms with van der Waals surface area (Å²) in [5, 5.41) is 9.60. The second-order valence-electron chi connectivity index (χ2n) is 6.43. The SMILES string of the molecule is Nc1cc(OCc2cc(C(=O)N3CC[C@@H](O)C3)ccc2F)c2c(n1)NNN2. The van der Waals surface area contributed by atoms with Gasteiger partial charge in [0, 0.05) is 30.3 Å². The van der Waals surface area contributed by atoms with Crippen molar-refractivity contribution in [1.82, 2.24) is 15.4 Å². The average Bonchev–Trinajstić information content (AvgIpc) is 3.29. The number of anilines is 3. The standard InChI is InChI=1S/C17H19FN6O3/c18-12-2-1-9(17(26)24-4-3-11(25)7-24)5-10(12)8-27-13-6-14(19)20-16-15(13)21-23-22-16/h1-2,5-6,11,21,23,25H,3-4,7-8H2,(H3,19,20,22)/t11-/m1/s1. The molecule has 1 saturated heterocycles. The lowest BCUT2D eigenvalue weighted by molar-refractivity contribution is 0.0764. The number of pyridine rings is 1. The number of halogens is 1. The summed E-state index contributed by atoms with van der Waals surface area (Å²) in [6.07, 6.45) is 0.0400. The van der Waals surface area contributed by atoms with Crippen LogP contribution >= 0.6 is 0 Å². The lowest BCUT2D eigenvalue weighted by Gasteiger charge is -2.16. The van der Waals surface area contributed by atoms with Crippen molar-refractivity contribution < 1.29 is 19.0 Å². The van der Waals surface area contributed by atoms with Gasteiger partial charge in [-0.25, -0.2) is 9.37 Å². The van der Waals surface area contributed by atoms with Crippen molar-refractivity contribution in [3.8, 4) is 5.75 Å². The largest absolute Gasteiger partial charge is 0.486 e. The highest BCUT2D eigenvalue weighted by Crippen LogP contribution is 2.35. The molecule has 0 unspecified atom stereocenters. The van der Waals surface area contributed by atoms with Crippen LogP contribution in [0.5, 0.6) is 5.75 Å². The minimum atomic E-state index is -0.508. The summed E-state index contributed by atoms with van der Waals surface area (Å²) in [6, 6.07) is 5.67. The van der Waals surface area contributed by atoms with E-state index in [2.05, 4.69) is 21.4 Å². The number of nitrogens with zero attached hydrogens (tertiary/aromatic N) is 2. The van der Waals surface area contributed by atoms with Crippen molar-refractivity contribution in [2.45, 2.75) is 19.1 Å². The number of hydrogen-bond acceptors (Lipinski definition) is 8. The van der Waals surface area contributed by atoms with Crippen LogP contribution in [0.15, 0.2) is 24.3 Å². The number of nitrogen functional groups attached to an aromatic ring is 1. The van der Waals surface area contributed by atoms with Gasteiger partial charge in [0.2, 0.25) is 0 Å². The van der Waals surface area contributed by atoms with Crippen LogP contribution in [0.1, 0.15) is 22.3 Å². The number of aliphatic hydroxyl groups is 1. The van der Waals surface area contributed by atoms with Gasteiger partial charge in [0.05, 0.1) is 6.10 Å². The zero-order valence-electron chi connectivity index (χ0n) is 14.3. The molecule has 2 aliphatic rings.